The smallest absolute Gasteiger partial charge is 0.478 e. The lowest BCUT2D eigenvalue weighted by atomic mass is 10.0. The first-order chi connectivity index (χ1) is 16.0. The number of fused-ring (bicyclic) bond motifs is 1. The van der Waals surface area contributed by atoms with Crippen molar-refractivity contribution in [2.75, 3.05) is 6.54 Å². The molecule has 0 radical (unpaired) electrons. The number of nitrogens with zero attached hydrogens (tertiary/aromatic N) is 1. The van der Waals surface area contributed by atoms with Gasteiger partial charge in [-0.25, -0.2) is 9.59 Å². The van der Waals surface area contributed by atoms with Gasteiger partial charge < -0.3 is 20.5 Å². The number of carbonyl (C=O) groups is 3. The number of benzene rings is 1. The minimum absolute atomic E-state index is 0.0435. The minimum Gasteiger partial charge on any atom is -0.478 e. The Labute approximate surface area is 190 Å². The van der Waals surface area contributed by atoms with Gasteiger partial charge in [0.25, 0.3) is 5.91 Å². The number of carbonyl (C=O) groups excluding carboxylic acids is 1. The van der Waals surface area contributed by atoms with Crippen molar-refractivity contribution in [3.63, 3.8) is 0 Å². The van der Waals surface area contributed by atoms with Gasteiger partial charge in [-0.3, -0.25) is 9.78 Å². The van der Waals surface area contributed by atoms with Crippen molar-refractivity contribution in [3.8, 4) is 22.5 Å². The molecule has 0 unspecified atom stereocenters. The van der Waals surface area contributed by atoms with Crippen molar-refractivity contribution in [2.45, 2.75) is 12.6 Å². The van der Waals surface area contributed by atoms with Crippen LogP contribution in [0.2, 0.25) is 0 Å². The Balaban J connectivity index is 0.000000406. The molecule has 0 aliphatic carbocycles. The van der Waals surface area contributed by atoms with Crippen LogP contribution in [-0.2, 0) is 16.0 Å². The lowest BCUT2D eigenvalue weighted by Crippen LogP contribution is -2.31. The monoisotopic (exact) mass is 473 g/mol. The first-order valence-corrected chi connectivity index (χ1v) is 9.82. The highest BCUT2D eigenvalue weighted by atomic mass is 19.4. The summed E-state index contributed by atoms with van der Waals surface area (Å²) in [5.41, 5.74) is 6.04. The molecule has 4 rings (SSSR count). The first-order valence-electron chi connectivity index (χ1n) is 9.82. The van der Waals surface area contributed by atoms with E-state index in [-0.39, 0.29) is 5.91 Å². The zero-order chi connectivity index (χ0) is 24.9. The van der Waals surface area contributed by atoms with Crippen LogP contribution in [0.3, 0.4) is 0 Å². The highest BCUT2D eigenvalue weighted by Gasteiger charge is 2.38. The van der Waals surface area contributed by atoms with Crippen LogP contribution < -0.4 is 5.32 Å². The third kappa shape index (κ3) is 6.09. The number of hydrogen-bond donors (Lipinski definition) is 4. The van der Waals surface area contributed by atoms with E-state index in [1.165, 1.54) is 0 Å². The van der Waals surface area contributed by atoms with Crippen LogP contribution in [0.15, 0.2) is 54.7 Å². The van der Waals surface area contributed by atoms with Gasteiger partial charge in [-0.15, -0.1) is 0 Å². The molecular weight excluding hydrogens is 455 g/mol. The molecule has 0 fully saturated rings. The predicted molar refractivity (Wildman–Crippen MR) is 116 cm³/mol. The highest BCUT2D eigenvalue weighted by molar-refractivity contribution is 5.97. The highest BCUT2D eigenvalue weighted by Crippen LogP contribution is 2.27. The zero-order valence-electron chi connectivity index (χ0n) is 17.4. The van der Waals surface area contributed by atoms with E-state index in [9.17, 15) is 22.8 Å². The molecule has 3 heterocycles. The van der Waals surface area contributed by atoms with E-state index in [4.69, 9.17) is 15.0 Å². The number of rotatable bonds is 4. The Kier molecular flexibility index (Phi) is 7.15. The van der Waals surface area contributed by atoms with Crippen molar-refractivity contribution >= 4 is 23.9 Å². The number of hydrogen-bond acceptors (Lipinski definition) is 4. The summed E-state index contributed by atoms with van der Waals surface area (Å²) in [4.78, 5) is 39.2. The van der Waals surface area contributed by atoms with Crippen molar-refractivity contribution in [2.24, 2.45) is 0 Å². The molecule has 0 spiro atoms. The maximum atomic E-state index is 12.0. The van der Waals surface area contributed by atoms with Gasteiger partial charge in [0.05, 0.1) is 11.3 Å². The zero-order valence-corrected chi connectivity index (χ0v) is 17.4. The number of H-pyrrole nitrogens is 1. The average molecular weight is 473 g/mol. The molecule has 11 heteroatoms. The first kappa shape index (κ1) is 24.2. The van der Waals surface area contributed by atoms with E-state index < -0.39 is 18.1 Å². The largest absolute Gasteiger partial charge is 0.490 e. The topological polar surface area (TPSA) is 132 Å². The maximum Gasteiger partial charge on any atom is 0.490 e. The molecule has 1 aliphatic rings. The van der Waals surface area contributed by atoms with Crippen LogP contribution in [0.4, 0.5) is 13.2 Å². The van der Waals surface area contributed by atoms with Crippen LogP contribution in [-0.4, -0.2) is 50.7 Å². The Bertz CT molecular complexity index is 1250. The average Bonchev–Trinajstić information content (AvgIpc) is 3.24. The molecular formula is C23H18F3N3O5. The van der Waals surface area contributed by atoms with Crippen molar-refractivity contribution in [3.05, 3.63) is 71.6 Å². The molecule has 0 atom stereocenters. The Hall–Kier alpha value is -4.41. The van der Waals surface area contributed by atoms with Gasteiger partial charge in [0.2, 0.25) is 0 Å². The molecule has 2 aromatic heterocycles. The number of carboxylic acid groups (broad SMARTS) is 2. The summed E-state index contributed by atoms with van der Waals surface area (Å²) in [6, 6.07) is 13.3. The molecule has 34 heavy (non-hydrogen) atoms. The maximum absolute atomic E-state index is 12.0. The van der Waals surface area contributed by atoms with E-state index in [1.54, 1.807) is 12.3 Å². The van der Waals surface area contributed by atoms with Gasteiger partial charge in [-0.1, -0.05) is 24.3 Å². The fourth-order valence-electron chi connectivity index (χ4n) is 3.14. The van der Waals surface area contributed by atoms with Gasteiger partial charge in [0.1, 0.15) is 0 Å². The SMILES string of the molecule is O=C(O)C(F)(F)F.O=C(O)C=Cc1ccc(-c2cc(-c3cc4c([nH]3)CCNC4=O)ccn2)cc1. The Morgan fingerprint density at radius 3 is 2.29 bits per heavy atom. The number of halogens is 3. The lowest BCUT2D eigenvalue weighted by Gasteiger charge is -2.10. The summed E-state index contributed by atoms with van der Waals surface area (Å²) in [6.45, 7) is 0.649. The molecule has 176 valence electrons. The second-order valence-electron chi connectivity index (χ2n) is 7.11. The standard InChI is InChI=1S/C21H17N3O3.C2HF3O2/c25-20(26)6-3-13-1-4-14(5-2-13)18-11-15(7-9-22-18)19-12-16-17(24-19)8-10-23-21(16)27;3-2(4,5)1(6)7/h1-7,9,11-12,24H,8,10H2,(H,23,27)(H,25,26);(H,6,7). The summed E-state index contributed by atoms with van der Waals surface area (Å²) in [5.74, 6) is -3.78. The van der Waals surface area contributed by atoms with Gasteiger partial charge in [0.15, 0.2) is 0 Å². The molecule has 1 aliphatic heterocycles. The van der Waals surface area contributed by atoms with E-state index >= 15 is 0 Å². The summed E-state index contributed by atoms with van der Waals surface area (Å²) >= 11 is 0. The number of nitrogens with one attached hydrogen (secondary N) is 2. The number of aromatic nitrogens is 2. The number of pyridine rings is 1. The van der Waals surface area contributed by atoms with Crippen LogP contribution in [0, 0.1) is 0 Å². The van der Waals surface area contributed by atoms with E-state index in [0.717, 1.165) is 46.3 Å². The van der Waals surface area contributed by atoms with Gasteiger partial charge >= 0.3 is 18.1 Å². The molecule has 0 saturated heterocycles. The second kappa shape index (κ2) is 10.0. The normalized spacial score (nSPS) is 13.0. The second-order valence-corrected chi connectivity index (χ2v) is 7.11. The third-order valence-corrected chi connectivity index (χ3v) is 4.74. The van der Waals surface area contributed by atoms with Gasteiger partial charge in [0, 0.05) is 47.8 Å². The number of amides is 1. The Morgan fingerprint density at radius 2 is 1.71 bits per heavy atom. The summed E-state index contributed by atoms with van der Waals surface area (Å²) < 4.78 is 31.7. The third-order valence-electron chi connectivity index (χ3n) is 4.74. The van der Waals surface area contributed by atoms with Gasteiger partial charge in [-0.2, -0.15) is 13.2 Å². The van der Waals surface area contributed by atoms with Crippen molar-refractivity contribution in [1.82, 2.24) is 15.3 Å². The summed E-state index contributed by atoms with van der Waals surface area (Å²) in [7, 11) is 0. The Morgan fingerprint density at radius 1 is 1.03 bits per heavy atom. The predicted octanol–water partition coefficient (Wildman–Crippen LogP) is 3.76. The number of carboxylic acids is 2. The molecule has 1 aromatic carbocycles. The quantitative estimate of drug-likeness (QED) is 0.427. The molecule has 8 nitrogen and oxygen atoms in total. The number of alkyl halides is 3. The molecule has 4 N–H and O–H groups in total. The summed E-state index contributed by atoms with van der Waals surface area (Å²) in [6.07, 6.45) is 0.106. The van der Waals surface area contributed by atoms with E-state index in [1.807, 2.05) is 42.5 Å². The number of aromatic amines is 1. The van der Waals surface area contributed by atoms with Crippen LogP contribution >= 0.6 is 0 Å². The van der Waals surface area contributed by atoms with Crippen LogP contribution in [0.5, 0.6) is 0 Å². The van der Waals surface area contributed by atoms with Gasteiger partial charge in [-0.05, 0) is 29.8 Å². The molecule has 3 aromatic rings. The molecule has 0 saturated carbocycles. The fraction of sp³-hybridized carbons (Fsp3) is 0.130. The van der Waals surface area contributed by atoms with Crippen LogP contribution in [0.25, 0.3) is 28.6 Å². The van der Waals surface area contributed by atoms with Crippen LogP contribution in [0.1, 0.15) is 21.6 Å². The molecule has 0 bridgehead atoms. The van der Waals surface area contributed by atoms with E-state index in [2.05, 4.69) is 15.3 Å². The van der Waals surface area contributed by atoms with E-state index in [0.29, 0.717) is 12.1 Å². The van der Waals surface area contributed by atoms with Crippen molar-refractivity contribution in [1.29, 1.82) is 0 Å². The summed E-state index contributed by atoms with van der Waals surface area (Å²) in [5, 5.41) is 18.7. The van der Waals surface area contributed by atoms with Crippen molar-refractivity contribution < 1.29 is 37.8 Å². The number of aliphatic carboxylic acids is 2. The lowest BCUT2D eigenvalue weighted by molar-refractivity contribution is -0.192. The molecule has 1 amide bonds. The minimum atomic E-state index is -5.08. The fourth-order valence-corrected chi connectivity index (χ4v) is 3.14.